The first kappa shape index (κ1) is 17.2. The second-order valence-electron chi connectivity index (χ2n) is 6.66. The van der Waals surface area contributed by atoms with E-state index in [2.05, 4.69) is 10.6 Å². The molecule has 6 heteroatoms. The zero-order valence-corrected chi connectivity index (χ0v) is 14.7. The van der Waals surface area contributed by atoms with Crippen molar-refractivity contribution in [3.05, 3.63) is 94.2 Å². The second-order valence-corrected chi connectivity index (χ2v) is 6.66. The lowest BCUT2D eigenvalue weighted by molar-refractivity contribution is -0.121. The monoisotopic (exact) mass is 363 g/mol. The molecule has 0 fully saturated rings. The topological polar surface area (TPSA) is 63.1 Å². The third kappa shape index (κ3) is 2.94. The number of halogens is 1. The standard InChI is InChI=1S/C21H18FN3O2/c1-21(16-7-3-2-6-14(16)13-23-21)20(27)24-18-10-9-15(12-17(18)22)25-11-5-4-8-19(25)26/h2-12,23H,13H2,1H3,(H,24,27). The summed E-state index contributed by atoms with van der Waals surface area (Å²) in [4.78, 5) is 24.8. The van der Waals surface area contributed by atoms with Crippen LogP contribution in [-0.4, -0.2) is 10.5 Å². The first-order valence-electron chi connectivity index (χ1n) is 8.61. The Labute approximate surface area is 155 Å². The van der Waals surface area contributed by atoms with Gasteiger partial charge in [0.05, 0.1) is 11.4 Å². The van der Waals surface area contributed by atoms with Crippen LogP contribution in [-0.2, 0) is 16.9 Å². The number of carbonyl (C=O) groups is 1. The Morgan fingerprint density at radius 2 is 1.93 bits per heavy atom. The largest absolute Gasteiger partial charge is 0.322 e. The number of aromatic nitrogens is 1. The van der Waals surface area contributed by atoms with Crippen LogP contribution in [0, 0.1) is 5.82 Å². The lowest BCUT2D eigenvalue weighted by Gasteiger charge is -2.25. The molecule has 1 aromatic heterocycles. The van der Waals surface area contributed by atoms with Crippen LogP contribution in [0.2, 0.25) is 0 Å². The van der Waals surface area contributed by atoms with Crippen LogP contribution in [0.15, 0.2) is 71.7 Å². The lowest BCUT2D eigenvalue weighted by Crippen LogP contribution is -2.45. The molecule has 1 aliphatic rings. The smallest absolute Gasteiger partial charge is 0.255 e. The van der Waals surface area contributed by atoms with Crippen LogP contribution in [0.25, 0.3) is 5.69 Å². The van der Waals surface area contributed by atoms with Gasteiger partial charge in [-0.2, -0.15) is 0 Å². The summed E-state index contributed by atoms with van der Waals surface area (Å²) in [5, 5.41) is 5.87. The van der Waals surface area contributed by atoms with Crippen LogP contribution in [0.4, 0.5) is 10.1 Å². The molecular formula is C21H18FN3O2. The van der Waals surface area contributed by atoms with E-state index >= 15 is 0 Å². The van der Waals surface area contributed by atoms with Crippen molar-refractivity contribution in [2.45, 2.75) is 19.0 Å². The highest BCUT2D eigenvalue weighted by molar-refractivity contribution is 5.99. The van der Waals surface area contributed by atoms with Crippen molar-refractivity contribution in [2.75, 3.05) is 5.32 Å². The summed E-state index contributed by atoms with van der Waals surface area (Å²) in [6.45, 7) is 2.36. The number of carbonyl (C=O) groups excluding carboxylic acids is 1. The second kappa shape index (κ2) is 6.48. The first-order valence-corrected chi connectivity index (χ1v) is 8.61. The summed E-state index contributed by atoms with van der Waals surface area (Å²) in [7, 11) is 0. The van der Waals surface area contributed by atoms with Gasteiger partial charge in [-0.3, -0.25) is 19.5 Å². The van der Waals surface area contributed by atoms with Gasteiger partial charge in [-0.15, -0.1) is 0 Å². The van der Waals surface area contributed by atoms with Crippen molar-refractivity contribution in [3.8, 4) is 5.69 Å². The molecule has 2 heterocycles. The first-order chi connectivity index (χ1) is 13.0. The van der Waals surface area contributed by atoms with Gasteiger partial charge in [0.25, 0.3) is 5.56 Å². The predicted molar refractivity (Wildman–Crippen MR) is 101 cm³/mol. The number of amides is 1. The quantitative estimate of drug-likeness (QED) is 0.752. The number of nitrogens with zero attached hydrogens (tertiary/aromatic N) is 1. The maximum atomic E-state index is 14.6. The Morgan fingerprint density at radius 1 is 1.15 bits per heavy atom. The van der Waals surface area contributed by atoms with E-state index in [4.69, 9.17) is 0 Å². The fourth-order valence-corrected chi connectivity index (χ4v) is 3.38. The predicted octanol–water partition coefficient (Wildman–Crippen LogP) is 2.93. The zero-order chi connectivity index (χ0) is 19.0. The number of fused-ring (bicyclic) bond motifs is 1. The number of pyridine rings is 1. The molecule has 0 saturated carbocycles. The van der Waals surface area contributed by atoms with Crippen LogP contribution >= 0.6 is 0 Å². The Balaban J connectivity index is 1.61. The van der Waals surface area contributed by atoms with Crippen molar-refractivity contribution in [3.63, 3.8) is 0 Å². The van der Waals surface area contributed by atoms with Gasteiger partial charge in [0.2, 0.25) is 5.91 Å². The number of nitrogens with one attached hydrogen (secondary N) is 2. The molecule has 1 aliphatic heterocycles. The van der Waals surface area contributed by atoms with Crippen molar-refractivity contribution in [1.82, 2.24) is 9.88 Å². The van der Waals surface area contributed by atoms with E-state index in [1.165, 1.54) is 22.8 Å². The molecule has 5 nitrogen and oxygen atoms in total. The number of benzene rings is 2. The van der Waals surface area contributed by atoms with E-state index in [1.807, 2.05) is 24.3 Å². The Bertz CT molecular complexity index is 1090. The average Bonchev–Trinajstić information content (AvgIpc) is 3.02. The van der Waals surface area contributed by atoms with Gasteiger partial charge in [-0.1, -0.05) is 30.3 Å². The number of anilines is 1. The molecule has 2 N–H and O–H groups in total. The molecule has 1 atom stereocenters. The summed E-state index contributed by atoms with van der Waals surface area (Å²) in [6.07, 6.45) is 1.57. The van der Waals surface area contributed by atoms with Gasteiger partial charge in [0.1, 0.15) is 11.4 Å². The fourth-order valence-electron chi connectivity index (χ4n) is 3.38. The summed E-state index contributed by atoms with van der Waals surface area (Å²) >= 11 is 0. The Hall–Kier alpha value is -3.25. The van der Waals surface area contributed by atoms with Crippen LogP contribution < -0.4 is 16.2 Å². The molecule has 2 aromatic carbocycles. The van der Waals surface area contributed by atoms with Gasteiger partial charge in [-0.05, 0) is 36.2 Å². The number of hydrogen-bond acceptors (Lipinski definition) is 3. The van der Waals surface area contributed by atoms with Gasteiger partial charge in [0, 0.05) is 24.9 Å². The SMILES string of the molecule is CC1(C(=O)Nc2ccc(-n3ccccc3=O)cc2F)NCc2ccccc21. The van der Waals surface area contributed by atoms with E-state index in [1.54, 1.807) is 31.3 Å². The molecule has 0 radical (unpaired) electrons. The molecular weight excluding hydrogens is 345 g/mol. The summed E-state index contributed by atoms with van der Waals surface area (Å²) in [5.41, 5.74) is 1.21. The van der Waals surface area contributed by atoms with Crippen LogP contribution in [0.3, 0.4) is 0 Å². The van der Waals surface area contributed by atoms with E-state index < -0.39 is 11.4 Å². The minimum atomic E-state index is -0.932. The van der Waals surface area contributed by atoms with Crippen LogP contribution in [0.5, 0.6) is 0 Å². The highest BCUT2D eigenvalue weighted by Crippen LogP contribution is 2.32. The van der Waals surface area contributed by atoms with E-state index in [-0.39, 0.29) is 17.2 Å². The lowest BCUT2D eigenvalue weighted by atomic mass is 9.91. The van der Waals surface area contributed by atoms with Crippen LogP contribution in [0.1, 0.15) is 18.1 Å². The molecule has 3 aromatic rings. The molecule has 0 aliphatic carbocycles. The average molecular weight is 363 g/mol. The third-order valence-corrected chi connectivity index (χ3v) is 4.94. The van der Waals surface area contributed by atoms with Crippen molar-refractivity contribution >= 4 is 11.6 Å². The summed E-state index contributed by atoms with van der Waals surface area (Å²) in [6, 6.07) is 16.7. The molecule has 0 saturated heterocycles. The zero-order valence-electron chi connectivity index (χ0n) is 14.7. The van der Waals surface area contributed by atoms with E-state index in [0.717, 1.165) is 11.1 Å². The highest BCUT2D eigenvalue weighted by Gasteiger charge is 2.40. The minimum Gasteiger partial charge on any atom is -0.322 e. The van der Waals surface area contributed by atoms with Gasteiger partial charge >= 0.3 is 0 Å². The van der Waals surface area contributed by atoms with E-state index in [0.29, 0.717) is 12.2 Å². The number of rotatable bonds is 3. The summed E-state index contributed by atoms with van der Waals surface area (Å²) < 4.78 is 15.9. The summed E-state index contributed by atoms with van der Waals surface area (Å²) in [5.74, 6) is -0.942. The van der Waals surface area contributed by atoms with Gasteiger partial charge in [-0.25, -0.2) is 4.39 Å². The van der Waals surface area contributed by atoms with Gasteiger partial charge < -0.3 is 5.32 Å². The van der Waals surface area contributed by atoms with E-state index in [9.17, 15) is 14.0 Å². The van der Waals surface area contributed by atoms with Crippen molar-refractivity contribution in [1.29, 1.82) is 0 Å². The molecule has 27 heavy (non-hydrogen) atoms. The molecule has 1 amide bonds. The fraction of sp³-hybridized carbons (Fsp3) is 0.143. The molecule has 0 spiro atoms. The van der Waals surface area contributed by atoms with Gasteiger partial charge in [0.15, 0.2) is 0 Å². The number of hydrogen-bond donors (Lipinski definition) is 2. The highest BCUT2D eigenvalue weighted by atomic mass is 19.1. The Morgan fingerprint density at radius 3 is 2.70 bits per heavy atom. The van der Waals surface area contributed by atoms with Crippen molar-refractivity contribution < 1.29 is 9.18 Å². The third-order valence-electron chi connectivity index (χ3n) is 4.94. The maximum Gasteiger partial charge on any atom is 0.255 e. The molecule has 1 unspecified atom stereocenters. The van der Waals surface area contributed by atoms with Crippen molar-refractivity contribution in [2.24, 2.45) is 0 Å². The maximum absolute atomic E-state index is 14.6. The molecule has 136 valence electrons. The molecule has 4 rings (SSSR count). The normalized spacial score (nSPS) is 18.1. The molecule has 0 bridgehead atoms. The Kier molecular flexibility index (Phi) is 4.12. The minimum absolute atomic E-state index is 0.0696.